The fraction of sp³-hybridized carbons (Fsp3) is 0.250. The predicted octanol–water partition coefficient (Wildman–Crippen LogP) is 3.89. The molecular weight excluding hydrogens is 505 g/mol. The number of halogens is 2. The summed E-state index contributed by atoms with van der Waals surface area (Å²) >= 11 is 6.00. The maximum absolute atomic E-state index is 6.00. The van der Waals surface area contributed by atoms with Crippen LogP contribution in [0.25, 0.3) is 11.4 Å². The number of guanidine groups is 1. The molecule has 7 nitrogen and oxygen atoms in total. The van der Waals surface area contributed by atoms with Gasteiger partial charge in [-0.05, 0) is 17.7 Å². The maximum Gasteiger partial charge on any atom is 0.246 e. The third-order valence-electron chi connectivity index (χ3n) is 3.83. The van der Waals surface area contributed by atoms with Crippen molar-refractivity contribution in [3.8, 4) is 11.4 Å². The van der Waals surface area contributed by atoms with E-state index in [9.17, 15) is 0 Å². The number of benzene rings is 2. The van der Waals surface area contributed by atoms with Crippen LogP contribution in [-0.4, -0.2) is 36.3 Å². The minimum absolute atomic E-state index is 0. The van der Waals surface area contributed by atoms with Crippen LogP contribution in [-0.2, 0) is 17.9 Å². The Kier molecular flexibility index (Phi) is 9.89. The van der Waals surface area contributed by atoms with E-state index in [2.05, 4.69) is 25.8 Å². The molecule has 0 aliphatic heterocycles. The maximum atomic E-state index is 6.00. The van der Waals surface area contributed by atoms with Crippen LogP contribution >= 0.6 is 35.6 Å². The van der Waals surface area contributed by atoms with Gasteiger partial charge in [0, 0.05) is 24.2 Å². The first kappa shape index (κ1) is 23.1. The van der Waals surface area contributed by atoms with Crippen molar-refractivity contribution < 1.29 is 9.26 Å². The molecule has 2 aromatic carbocycles. The monoisotopic (exact) mass is 527 g/mol. The van der Waals surface area contributed by atoms with Gasteiger partial charge in [0.1, 0.15) is 0 Å². The van der Waals surface area contributed by atoms with E-state index < -0.39 is 0 Å². The van der Waals surface area contributed by atoms with Gasteiger partial charge >= 0.3 is 0 Å². The van der Waals surface area contributed by atoms with Gasteiger partial charge in [-0.3, -0.25) is 4.99 Å². The normalized spacial score (nSPS) is 11.0. The second-order valence-electron chi connectivity index (χ2n) is 5.91. The van der Waals surface area contributed by atoms with Crippen molar-refractivity contribution >= 4 is 41.5 Å². The molecule has 0 atom stereocenters. The smallest absolute Gasteiger partial charge is 0.246 e. The van der Waals surface area contributed by atoms with Gasteiger partial charge in [-0.25, -0.2) is 0 Å². The van der Waals surface area contributed by atoms with Gasteiger partial charge in [-0.15, -0.1) is 24.0 Å². The van der Waals surface area contributed by atoms with Crippen LogP contribution in [0.1, 0.15) is 11.5 Å². The van der Waals surface area contributed by atoms with E-state index >= 15 is 0 Å². The van der Waals surface area contributed by atoms with Crippen molar-refractivity contribution in [2.45, 2.75) is 13.2 Å². The van der Waals surface area contributed by atoms with Crippen molar-refractivity contribution in [1.82, 2.24) is 20.8 Å². The summed E-state index contributed by atoms with van der Waals surface area (Å²) in [5, 5.41) is 10.9. The first-order valence-electron chi connectivity index (χ1n) is 8.89. The lowest BCUT2D eigenvalue weighted by Gasteiger charge is -2.10. The third-order valence-corrected chi connectivity index (χ3v) is 4.07. The molecule has 0 saturated carbocycles. The van der Waals surface area contributed by atoms with E-state index in [-0.39, 0.29) is 24.0 Å². The summed E-state index contributed by atoms with van der Waals surface area (Å²) in [6.07, 6.45) is 0. The van der Waals surface area contributed by atoms with Crippen LogP contribution in [0.2, 0.25) is 5.02 Å². The van der Waals surface area contributed by atoms with E-state index in [4.69, 9.17) is 20.9 Å². The molecule has 0 amide bonds. The fourth-order valence-corrected chi connectivity index (χ4v) is 2.65. The fourth-order valence-electron chi connectivity index (χ4n) is 2.46. The topological polar surface area (TPSA) is 84.6 Å². The quantitative estimate of drug-likeness (QED) is 0.200. The van der Waals surface area contributed by atoms with Crippen LogP contribution in [0.15, 0.2) is 64.1 Å². The third kappa shape index (κ3) is 7.64. The molecule has 154 valence electrons. The molecule has 0 unspecified atom stereocenters. The van der Waals surface area contributed by atoms with Crippen LogP contribution in [0.4, 0.5) is 0 Å². The standard InChI is InChI=1S/C20H22ClN5O2.HI/c1-22-20(23-10-11-27-14-15-6-3-2-4-7-15)24-13-18-25-19(26-28-18)16-8-5-9-17(21)12-16;/h2-9,12H,10-11,13-14H2,1H3,(H2,22,23,24);1H. The lowest BCUT2D eigenvalue weighted by atomic mass is 10.2. The number of aliphatic imine (C=N–C) groups is 1. The van der Waals surface area contributed by atoms with Crippen molar-refractivity contribution in [3.63, 3.8) is 0 Å². The van der Waals surface area contributed by atoms with E-state index in [0.29, 0.717) is 49.0 Å². The second kappa shape index (κ2) is 12.4. The predicted molar refractivity (Wildman–Crippen MR) is 124 cm³/mol. The molecule has 0 spiro atoms. The molecule has 0 radical (unpaired) electrons. The van der Waals surface area contributed by atoms with Crippen molar-refractivity contribution in [2.24, 2.45) is 4.99 Å². The zero-order valence-electron chi connectivity index (χ0n) is 16.0. The van der Waals surface area contributed by atoms with Gasteiger partial charge in [0.25, 0.3) is 0 Å². The van der Waals surface area contributed by atoms with Crippen LogP contribution in [0.3, 0.4) is 0 Å². The average Bonchev–Trinajstić information content (AvgIpc) is 3.20. The summed E-state index contributed by atoms with van der Waals surface area (Å²) in [5.41, 5.74) is 1.96. The Hall–Kier alpha value is -2.17. The van der Waals surface area contributed by atoms with Crippen LogP contribution in [0, 0.1) is 0 Å². The molecule has 0 fully saturated rings. The minimum atomic E-state index is 0. The zero-order valence-corrected chi connectivity index (χ0v) is 19.1. The van der Waals surface area contributed by atoms with Gasteiger partial charge in [-0.2, -0.15) is 4.98 Å². The summed E-state index contributed by atoms with van der Waals surface area (Å²) in [7, 11) is 1.70. The molecule has 0 bridgehead atoms. The van der Waals surface area contributed by atoms with Gasteiger partial charge in [0.05, 0.1) is 19.8 Å². The van der Waals surface area contributed by atoms with Gasteiger partial charge in [-0.1, -0.05) is 59.2 Å². The first-order valence-corrected chi connectivity index (χ1v) is 9.27. The van der Waals surface area contributed by atoms with Crippen LogP contribution < -0.4 is 10.6 Å². The Morgan fingerprint density at radius 1 is 1.14 bits per heavy atom. The van der Waals surface area contributed by atoms with Gasteiger partial charge in [0.15, 0.2) is 5.96 Å². The molecule has 0 aliphatic carbocycles. The molecule has 1 aromatic heterocycles. The second-order valence-corrected chi connectivity index (χ2v) is 6.35. The first-order chi connectivity index (χ1) is 13.7. The van der Waals surface area contributed by atoms with Crippen molar-refractivity contribution in [2.75, 3.05) is 20.2 Å². The lowest BCUT2D eigenvalue weighted by molar-refractivity contribution is 0.125. The van der Waals surface area contributed by atoms with E-state index in [1.54, 1.807) is 19.2 Å². The van der Waals surface area contributed by atoms with Gasteiger partial charge < -0.3 is 19.9 Å². The molecule has 3 aromatic rings. The summed E-state index contributed by atoms with van der Waals surface area (Å²) in [6.45, 7) is 2.14. The van der Waals surface area contributed by atoms with Gasteiger partial charge in [0.2, 0.25) is 11.7 Å². The molecule has 1 heterocycles. The number of nitrogens with one attached hydrogen (secondary N) is 2. The lowest BCUT2D eigenvalue weighted by Crippen LogP contribution is -2.38. The number of nitrogens with zero attached hydrogens (tertiary/aromatic N) is 3. The molecule has 29 heavy (non-hydrogen) atoms. The summed E-state index contributed by atoms with van der Waals surface area (Å²) in [5.74, 6) is 1.58. The summed E-state index contributed by atoms with van der Waals surface area (Å²) in [6, 6.07) is 17.4. The van der Waals surface area contributed by atoms with E-state index in [0.717, 1.165) is 11.1 Å². The van der Waals surface area contributed by atoms with E-state index in [1.165, 1.54) is 0 Å². The highest BCUT2D eigenvalue weighted by Crippen LogP contribution is 2.19. The molecule has 0 saturated heterocycles. The number of rotatable bonds is 8. The highest BCUT2D eigenvalue weighted by Gasteiger charge is 2.09. The summed E-state index contributed by atoms with van der Waals surface area (Å²) in [4.78, 5) is 8.53. The molecule has 2 N–H and O–H groups in total. The Balaban J connectivity index is 0.00000300. The highest BCUT2D eigenvalue weighted by atomic mass is 127. The van der Waals surface area contributed by atoms with Crippen LogP contribution in [0.5, 0.6) is 0 Å². The Morgan fingerprint density at radius 2 is 1.97 bits per heavy atom. The van der Waals surface area contributed by atoms with Crippen molar-refractivity contribution in [3.05, 3.63) is 71.1 Å². The largest absolute Gasteiger partial charge is 0.375 e. The Labute approximate surface area is 191 Å². The highest BCUT2D eigenvalue weighted by molar-refractivity contribution is 14.0. The number of hydrogen-bond acceptors (Lipinski definition) is 5. The number of ether oxygens (including phenoxy) is 1. The molecular formula is C20H23ClIN5O2. The zero-order chi connectivity index (χ0) is 19.6. The molecule has 3 rings (SSSR count). The number of hydrogen-bond donors (Lipinski definition) is 2. The average molecular weight is 528 g/mol. The SMILES string of the molecule is CN=C(NCCOCc1ccccc1)NCc1nc(-c2cccc(Cl)c2)no1.I. The number of aromatic nitrogens is 2. The van der Waals surface area contributed by atoms with Crippen molar-refractivity contribution in [1.29, 1.82) is 0 Å². The molecule has 9 heteroatoms. The molecule has 0 aliphatic rings. The Bertz CT molecular complexity index is 905. The minimum Gasteiger partial charge on any atom is -0.375 e. The van der Waals surface area contributed by atoms with E-state index in [1.807, 2.05) is 42.5 Å². The summed E-state index contributed by atoms with van der Waals surface area (Å²) < 4.78 is 10.9. The Morgan fingerprint density at radius 3 is 2.72 bits per heavy atom.